The summed E-state index contributed by atoms with van der Waals surface area (Å²) in [5.41, 5.74) is 2.02. The van der Waals surface area contributed by atoms with E-state index in [1.807, 2.05) is 0 Å². The highest BCUT2D eigenvalue weighted by atomic mass is 28.1. The topological polar surface area (TPSA) is 20.2 Å². The van der Waals surface area contributed by atoms with Crippen molar-refractivity contribution in [3.63, 3.8) is 0 Å². The SMILES string of the molecule is OC1(c2ccc(CC[SiH3])cc2)CCCC1. The third-order valence-corrected chi connectivity index (χ3v) is 3.96. The highest BCUT2D eigenvalue weighted by molar-refractivity contribution is 6.08. The highest BCUT2D eigenvalue weighted by Crippen LogP contribution is 2.38. The third-order valence-electron chi connectivity index (χ3n) is 3.46. The molecule has 0 saturated heterocycles. The van der Waals surface area contributed by atoms with Crippen molar-refractivity contribution in [2.75, 3.05) is 0 Å². The molecule has 0 aliphatic heterocycles. The van der Waals surface area contributed by atoms with Crippen molar-refractivity contribution in [1.82, 2.24) is 0 Å². The summed E-state index contributed by atoms with van der Waals surface area (Å²) in [6.45, 7) is 0. The summed E-state index contributed by atoms with van der Waals surface area (Å²) in [5, 5.41) is 10.4. The Morgan fingerprint density at radius 2 is 1.73 bits per heavy atom. The molecule has 0 spiro atoms. The van der Waals surface area contributed by atoms with Gasteiger partial charge >= 0.3 is 0 Å². The van der Waals surface area contributed by atoms with E-state index in [1.165, 1.54) is 41.1 Å². The van der Waals surface area contributed by atoms with E-state index in [0.29, 0.717) is 0 Å². The number of hydrogen-bond donors (Lipinski definition) is 1. The summed E-state index contributed by atoms with van der Waals surface area (Å²) in [7, 11) is 1.27. The van der Waals surface area contributed by atoms with E-state index >= 15 is 0 Å². The van der Waals surface area contributed by atoms with E-state index in [-0.39, 0.29) is 0 Å². The molecule has 0 unspecified atom stereocenters. The summed E-state index contributed by atoms with van der Waals surface area (Å²) in [5.74, 6) is 0. The van der Waals surface area contributed by atoms with Gasteiger partial charge in [0.05, 0.1) is 5.60 Å². The molecule has 15 heavy (non-hydrogen) atoms. The quantitative estimate of drug-likeness (QED) is 0.770. The van der Waals surface area contributed by atoms with Gasteiger partial charge in [0, 0.05) is 10.2 Å². The average Bonchev–Trinajstić information content (AvgIpc) is 2.68. The number of aryl methyl sites for hydroxylation is 1. The van der Waals surface area contributed by atoms with E-state index in [2.05, 4.69) is 24.3 Å². The van der Waals surface area contributed by atoms with Crippen molar-refractivity contribution in [3.05, 3.63) is 35.4 Å². The van der Waals surface area contributed by atoms with Crippen LogP contribution in [0, 0.1) is 0 Å². The molecule has 2 rings (SSSR count). The van der Waals surface area contributed by atoms with Crippen molar-refractivity contribution in [1.29, 1.82) is 0 Å². The first-order valence-electron chi connectivity index (χ1n) is 6.06. The molecule has 0 amide bonds. The first kappa shape index (κ1) is 10.9. The molecule has 1 aliphatic carbocycles. The van der Waals surface area contributed by atoms with Crippen molar-refractivity contribution >= 4 is 10.2 Å². The Kier molecular flexibility index (Phi) is 3.27. The van der Waals surface area contributed by atoms with Crippen LogP contribution in [-0.2, 0) is 12.0 Å². The predicted molar refractivity (Wildman–Crippen MR) is 67.3 cm³/mol. The number of rotatable bonds is 3. The zero-order valence-corrected chi connectivity index (χ0v) is 11.5. The zero-order chi connectivity index (χ0) is 10.7. The molecule has 1 fully saturated rings. The van der Waals surface area contributed by atoms with Gasteiger partial charge in [0.1, 0.15) is 0 Å². The van der Waals surface area contributed by atoms with Gasteiger partial charge in [-0.3, -0.25) is 0 Å². The molecule has 0 aromatic heterocycles. The average molecular weight is 220 g/mol. The molecule has 1 aromatic carbocycles. The first-order valence-corrected chi connectivity index (χ1v) is 7.48. The fraction of sp³-hybridized carbons (Fsp3) is 0.538. The molecule has 1 saturated carbocycles. The molecule has 1 nitrogen and oxygen atoms in total. The lowest BCUT2D eigenvalue weighted by Crippen LogP contribution is -2.20. The van der Waals surface area contributed by atoms with Crippen LogP contribution in [-0.4, -0.2) is 15.3 Å². The Bertz CT molecular complexity index is 312. The van der Waals surface area contributed by atoms with Gasteiger partial charge < -0.3 is 5.11 Å². The van der Waals surface area contributed by atoms with Gasteiger partial charge in [0.25, 0.3) is 0 Å². The maximum Gasteiger partial charge on any atom is 0.0896 e. The number of benzene rings is 1. The first-order chi connectivity index (χ1) is 7.24. The van der Waals surface area contributed by atoms with Crippen LogP contribution in [0.25, 0.3) is 0 Å². The summed E-state index contributed by atoms with van der Waals surface area (Å²) >= 11 is 0. The molecule has 0 bridgehead atoms. The molecule has 0 atom stereocenters. The lowest BCUT2D eigenvalue weighted by atomic mass is 9.91. The predicted octanol–water partition coefficient (Wildman–Crippen LogP) is 1.77. The maximum absolute atomic E-state index is 10.4. The smallest absolute Gasteiger partial charge is 0.0896 e. The summed E-state index contributed by atoms with van der Waals surface area (Å²) < 4.78 is 0. The van der Waals surface area contributed by atoms with Gasteiger partial charge in [-0.15, -0.1) is 0 Å². The second-order valence-electron chi connectivity index (χ2n) is 4.69. The van der Waals surface area contributed by atoms with Crippen LogP contribution >= 0.6 is 0 Å². The Morgan fingerprint density at radius 1 is 1.13 bits per heavy atom. The minimum atomic E-state index is -0.514. The standard InChI is InChI=1S/C13H20OSi/c14-13(8-1-2-9-13)12-5-3-11(4-6-12)7-10-15/h3-6,14H,1-2,7-10H2,15H3. The molecule has 82 valence electrons. The monoisotopic (exact) mass is 220 g/mol. The van der Waals surface area contributed by atoms with E-state index < -0.39 is 5.60 Å². The molecule has 0 heterocycles. The van der Waals surface area contributed by atoms with E-state index in [9.17, 15) is 5.11 Å². The van der Waals surface area contributed by atoms with E-state index in [1.54, 1.807) is 0 Å². The lowest BCUT2D eigenvalue weighted by molar-refractivity contribution is 0.0445. The molecule has 1 aromatic rings. The maximum atomic E-state index is 10.4. The number of aliphatic hydroxyl groups is 1. The van der Waals surface area contributed by atoms with Gasteiger partial charge in [0.15, 0.2) is 0 Å². The minimum Gasteiger partial charge on any atom is -0.385 e. The van der Waals surface area contributed by atoms with Crippen LogP contribution in [0.1, 0.15) is 36.8 Å². The van der Waals surface area contributed by atoms with Gasteiger partial charge in [0.2, 0.25) is 0 Å². The zero-order valence-electron chi connectivity index (χ0n) is 9.50. The fourth-order valence-electron chi connectivity index (χ4n) is 2.52. The van der Waals surface area contributed by atoms with Gasteiger partial charge in [-0.05, 0) is 30.4 Å². The largest absolute Gasteiger partial charge is 0.385 e. The van der Waals surface area contributed by atoms with E-state index in [4.69, 9.17) is 0 Å². The number of hydrogen-bond acceptors (Lipinski definition) is 1. The van der Waals surface area contributed by atoms with Crippen LogP contribution in [0.4, 0.5) is 0 Å². The normalized spacial score (nSPS) is 19.5. The van der Waals surface area contributed by atoms with Gasteiger partial charge in [-0.25, -0.2) is 0 Å². The Morgan fingerprint density at radius 3 is 2.27 bits per heavy atom. The van der Waals surface area contributed by atoms with Crippen LogP contribution in [0.2, 0.25) is 6.04 Å². The molecule has 1 N–H and O–H groups in total. The Balaban J connectivity index is 2.15. The second-order valence-corrected chi connectivity index (χ2v) is 5.69. The van der Waals surface area contributed by atoms with Gasteiger partial charge in [-0.2, -0.15) is 0 Å². The van der Waals surface area contributed by atoms with Crippen molar-refractivity contribution in [2.45, 2.75) is 43.7 Å². The second kappa shape index (κ2) is 4.50. The Labute approximate surface area is 94.9 Å². The summed E-state index contributed by atoms with van der Waals surface area (Å²) in [6.07, 6.45) is 5.41. The van der Waals surface area contributed by atoms with Crippen LogP contribution in [0.5, 0.6) is 0 Å². The van der Waals surface area contributed by atoms with E-state index in [0.717, 1.165) is 18.4 Å². The molecule has 2 heteroatoms. The van der Waals surface area contributed by atoms with Crippen molar-refractivity contribution < 1.29 is 5.11 Å². The molecular formula is C13H20OSi. The van der Waals surface area contributed by atoms with Crippen LogP contribution < -0.4 is 0 Å². The summed E-state index contributed by atoms with van der Waals surface area (Å²) in [4.78, 5) is 0. The Hall–Kier alpha value is -0.603. The highest BCUT2D eigenvalue weighted by Gasteiger charge is 2.32. The molecule has 0 radical (unpaired) electrons. The molecule has 1 aliphatic rings. The summed E-state index contributed by atoms with van der Waals surface area (Å²) in [6, 6.07) is 9.94. The minimum absolute atomic E-state index is 0.514. The van der Waals surface area contributed by atoms with Crippen molar-refractivity contribution in [3.8, 4) is 0 Å². The van der Waals surface area contributed by atoms with Crippen molar-refractivity contribution in [2.24, 2.45) is 0 Å². The fourth-order valence-corrected chi connectivity index (χ4v) is 3.10. The molecular weight excluding hydrogens is 200 g/mol. The van der Waals surface area contributed by atoms with Crippen LogP contribution in [0.15, 0.2) is 24.3 Å². The third kappa shape index (κ3) is 2.32. The lowest BCUT2D eigenvalue weighted by Gasteiger charge is -2.22. The van der Waals surface area contributed by atoms with Gasteiger partial charge in [-0.1, -0.05) is 43.2 Å². The van der Waals surface area contributed by atoms with Crippen LogP contribution in [0.3, 0.4) is 0 Å².